The van der Waals surface area contributed by atoms with Gasteiger partial charge in [0.1, 0.15) is 5.75 Å². The molecule has 0 fully saturated rings. The highest BCUT2D eigenvalue weighted by atomic mass is 127. The highest BCUT2D eigenvalue weighted by Crippen LogP contribution is 2.31. The van der Waals surface area contributed by atoms with E-state index in [4.69, 9.17) is 4.74 Å². The van der Waals surface area contributed by atoms with Crippen LogP contribution < -0.4 is 4.74 Å². The van der Waals surface area contributed by atoms with Crippen molar-refractivity contribution in [1.29, 1.82) is 0 Å². The van der Waals surface area contributed by atoms with Crippen LogP contribution in [0.3, 0.4) is 0 Å². The van der Waals surface area contributed by atoms with Gasteiger partial charge in [0.15, 0.2) is 5.78 Å². The minimum absolute atomic E-state index is 0.124. The number of benzene rings is 1. The van der Waals surface area contributed by atoms with Crippen LogP contribution in [0.5, 0.6) is 5.75 Å². The van der Waals surface area contributed by atoms with Gasteiger partial charge in [-0.1, -0.05) is 0 Å². The molecule has 1 aliphatic rings. The van der Waals surface area contributed by atoms with E-state index in [1.807, 2.05) is 12.1 Å². The normalized spacial score (nSPS) is 13.7. The molecule has 13 heavy (non-hydrogen) atoms. The molecule has 2 nitrogen and oxygen atoms in total. The molecule has 0 bridgehead atoms. The van der Waals surface area contributed by atoms with E-state index >= 15 is 0 Å². The maximum atomic E-state index is 11.2. The van der Waals surface area contributed by atoms with E-state index in [2.05, 4.69) is 22.6 Å². The van der Waals surface area contributed by atoms with Crippen LogP contribution in [0.4, 0.5) is 0 Å². The van der Waals surface area contributed by atoms with Crippen LogP contribution in [0.25, 0.3) is 0 Å². The van der Waals surface area contributed by atoms with Gasteiger partial charge in [-0.15, -0.1) is 0 Å². The van der Waals surface area contributed by atoms with Gasteiger partial charge >= 0.3 is 0 Å². The van der Waals surface area contributed by atoms with Crippen molar-refractivity contribution in [1.82, 2.24) is 0 Å². The summed E-state index contributed by atoms with van der Waals surface area (Å²) in [5.74, 6) is 1.06. The lowest BCUT2D eigenvalue weighted by Gasteiger charge is -2.04. The molecule has 0 spiro atoms. The van der Waals surface area contributed by atoms with Gasteiger partial charge in [-0.05, 0) is 41.6 Å². The SMILES string of the molecule is CC(=O)c1ccc2c(c1I)CCO2. The van der Waals surface area contributed by atoms with E-state index in [1.165, 1.54) is 5.56 Å². The summed E-state index contributed by atoms with van der Waals surface area (Å²) in [5.41, 5.74) is 2.00. The monoisotopic (exact) mass is 288 g/mol. The van der Waals surface area contributed by atoms with Crippen LogP contribution in [0.2, 0.25) is 0 Å². The van der Waals surface area contributed by atoms with Crippen LogP contribution in [0, 0.1) is 3.57 Å². The van der Waals surface area contributed by atoms with Gasteiger partial charge in [-0.25, -0.2) is 0 Å². The Bertz CT molecular complexity index is 371. The molecule has 2 rings (SSSR count). The fraction of sp³-hybridized carbons (Fsp3) is 0.300. The molecule has 1 aromatic rings. The molecule has 1 heterocycles. The first-order valence-corrected chi connectivity index (χ1v) is 5.23. The van der Waals surface area contributed by atoms with E-state index < -0.39 is 0 Å². The molecule has 0 amide bonds. The highest BCUT2D eigenvalue weighted by molar-refractivity contribution is 14.1. The van der Waals surface area contributed by atoms with E-state index in [0.29, 0.717) is 0 Å². The van der Waals surface area contributed by atoms with Crippen molar-refractivity contribution in [3.05, 3.63) is 26.8 Å². The molecule has 68 valence electrons. The fourth-order valence-corrected chi connectivity index (χ4v) is 2.60. The Labute approximate surface area is 90.4 Å². The number of hydrogen-bond acceptors (Lipinski definition) is 2. The number of fused-ring (bicyclic) bond motifs is 1. The quantitative estimate of drug-likeness (QED) is 0.586. The molecule has 0 saturated heterocycles. The van der Waals surface area contributed by atoms with Crippen molar-refractivity contribution in [2.75, 3.05) is 6.61 Å². The number of halogens is 1. The number of Topliss-reactive ketones (excluding diaryl/α,β-unsaturated/α-hetero) is 1. The standard InChI is InChI=1S/C10H9IO2/c1-6(12)7-2-3-9-8(10(7)11)4-5-13-9/h2-3H,4-5H2,1H3. The Morgan fingerprint density at radius 1 is 1.54 bits per heavy atom. The van der Waals surface area contributed by atoms with Crippen molar-refractivity contribution >= 4 is 28.4 Å². The van der Waals surface area contributed by atoms with Crippen LogP contribution in [0.15, 0.2) is 12.1 Å². The summed E-state index contributed by atoms with van der Waals surface area (Å²) in [6.45, 7) is 2.34. The van der Waals surface area contributed by atoms with Crippen molar-refractivity contribution < 1.29 is 9.53 Å². The summed E-state index contributed by atoms with van der Waals surface area (Å²) >= 11 is 2.22. The first-order valence-electron chi connectivity index (χ1n) is 4.15. The topological polar surface area (TPSA) is 26.3 Å². The van der Waals surface area contributed by atoms with Gasteiger partial charge in [-0.3, -0.25) is 4.79 Å². The molecule has 0 aromatic heterocycles. The second-order valence-electron chi connectivity index (χ2n) is 3.06. The van der Waals surface area contributed by atoms with Gasteiger partial charge in [-0.2, -0.15) is 0 Å². The first-order chi connectivity index (χ1) is 6.20. The van der Waals surface area contributed by atoms with Crippen LogP contribution in [0.1, 0.15) is 22.8 Å². The molecule has 1 aliphatic heterocycles. The maximum absolute atomic E-state index is 11.2. The maximum Gasteiger partial charge on any atom is 0.160 e. The van der Waals surface area contributed by atoms with Crippen LogP contribution in [-0.2, 0) is 6.42 Å². The van der Waals surface area contributed by atoms with Gasteiger partial charge in [0.05, 0.1) is 6.61 Å². The van der Waals surface area contributed by atoms with Crippen LogP contribution >= 0.6 is 22.6 Å². The Balaban J connectivity index is 2.59. The van der Waals surface area contributed by atoms with Crippen molar-refractivity contribution in [3.8, 4) is 5.75 Å². The van der Waals surface area contributed by atoms with E-state index in [-0.39, 0.29) is 5.78 Å². The Hall–Kier alpha value is -0.580. The predicted octanol–water partition coefficient (Wildman–Crippen LogP) is 2.43. The fourth-order valence-electron chi connectivity index (χ4n) is 1.51. The predicted molar refractivity (Wildman–Crippen MR) is 58.4 cm³/mol. The molecule has 0 saturated carbocycles. The zero-order valence-electron chi connectivity index (χ0n) is 7.26. The van der Waals surface area contributed by atoms with E-state index in [9.17, 15) is 4.79 Å². The number of carbonyl (C=O) groups excluding carboxylic acids is 1. The molecule has 0 N–H and O–H groups in total. The molecule has 1 aromatic carbocycles. The van der Waals surface area contributed by atoms with Crippen molar-refractivity contribution in [2.24, 2.45) is 0 Å². The molecule has 0 radical (unpaired) electrons. The number of carbonyl (C=O) groups is 1. The average Bonchev–Trinajstić information content (AvgIpc) is 2.52. The minimum atomic E-state index is 0.124. The lowest BCUT2D eigenvalue weighted by molar-refractivity contribution is 0.101. The first kappa shape index (κ1) is 8.99. The van der Waals surface area contributed by atoms with Gasteiger partial charge in [0.25, 0.3) is 0 Å². The molecular weight excluding hydrogens is 279 g/mol. The van der Waals surface area contributed by atoms with E-state index in [0.717, 1.165) is 27.9 Å². The van der Waals surface area contributed by atoms with Gasteiger partial charge in [0.2, 0.25) is 0 Å². The lowest BCUT2D eigenvalue weighted by Crippen LogP contribution is -1.98. The number of rotatable bonds is 1. The molecular formula is C10H9IO2. The van der Waals surface area contributed by atoms with Crippen LogP contribution in [-0.4, -0.2) is 12.4 Å². The molecule has 0 aliphatic carbocycles. The number of ether oxygens (including phenoxy) is 1. The second kappa shape index (κ2) is 3.29. The molecule has 0 atom stereocenters. The Morgan fingerprint density at radius 3 is 3.00 bits per heavy atom. The summed E-state index contributed by atoms with van der Waals surface area (Å²) in [7, 11) is 0. The summed E-state index contributed by atoms with van der Waals surface area (Å²) in [6, 6.07) is 3.73. The third-order valence-electron chi connectivity index (χ3n) is 2.19. The van der Waals surface area contributed by atoms with E-state index in [1.54, 1.807) is 6.92 Å². The Kier molecular flexibility index (Phi) is 2.27. The third kappa shape index (κ3) is 1.45. The lowest BCUT2D eigenvalue weighted by atomic mass is 10.1. The largest absolute Gasteiger partial charge is 0.493 e. The second-order valence-corrected chi connectivity index (χ2v) is 4.14. The highest BCUT2D eigenvalue weighted by Gasteiger charge is 2.18. The van der Waals surface area contributed by atoms with Gasteiger partial charge in [0, 0.05) is 21.1 Å². The summed E-state index contributed by atoms with van der Waals surface area (Å²) in [6.07, 6.45) is 0.925. The summed E-state index contributed by atoms with van der Waals surface area (Å²) in [5, 5.41) is 0. The van der Waals surface area contributed by atoms with Gasteiger partial charge < -0.3 is 4.74 Å². The zero-order valence-corrected chi connectivity index (χ0v) is 9.42. The summed E-state index contributed by atoms with van der Waals surface area (Å²) < 4.78 is 6.45. The Morgan fingerprint density at radius 2 is 2.31 bits per heavy atom. The van der Waals surface area contributed by atoms with Crippen molar-refractivity contribution in [3.63, 3.8) is 0 Å². The molecule has 0 unspecified atom stereocenters. The zero-order chi connectivity index (χ0) is 9.42. The number of ketones is 1. The minimum Gasteiger partial charge on any atom is -0.493 e. The average molecular weight is 288 g/mol. The third-order valence-corrected chi connectivity index (χ3v) is 3.42. The number of hydrogen-bond donors (Lipinski definition) is 0. The smallest absolute Gasteiger partial charge is 0.160 e. The summed E-state index contributed by atoms with van der Waals surface area (Å²) in [4.78, 5) is 11.2. The van der Waals surface area contributed by atoms with Crippen molar-refractivity contribution in [2.45, 2.75) is 13.3 Å². The molecule has 3 heteroatoms.